The van der Waals surface area contributed by atoms with Crippen molar-refractivity contribution in [1.82, 2.24) is 10.2 Å². The maximum Gasteiger partial charge on any atom is 0.268 e. The third-order valence-corrected chi connectivity index (χ3v) is 7.16. The number of para-hydroxylation sites is 2. The fourth-order valence-corrected chi connectivity index (χ4v) is 5.29. The number of ether oxygens (including phenoxy) is 2. The zero-order valence-electron chi connectivity index (χ0n) is 18.9. The van der Waals surface area contributed by atoms with Crippen molar-refractivity contribution in [3.63, 3.8) is 0 Å². The Kier molecular flexibility index (Phi) is 6.85. The summed E-state index contributed by atoms with van der Waals surface area (Å²) in [4.78, 5) is 30.0. The number of furan rings is 1. The molecule has 0 spiro atoms. The predicted molar refractivity (Wildman–Crippen MR) is 128 cm³/mol. The number of nitrogens with zero attached hydrogens (tertiary/aromatic N) is 1. The summed E-state index contributed by atoms with van der Waals surface area (Å²) in [5.41, 5.74) is 0. The van der Waals surface area contributed by atoms with E-state index in [0.717, 1.165) is 30.6 Å². The first-order valence-electron chi connectivity index (χ1n) is 11.7. The largest absolute Gasteiger partial charge is 0.485 e. The highest BCUT2D eigenvalue weighted by Crippen LogP contribution is 2.33. The molecule has 34 heavy (non-hydrogen) atoms. The molecule has 2 aliphatic rings. The molecule has 1 fully saturated rings. The van der Waals surface area contributed by atoms with Gasteiger partial charge in [-0.25, -0.2) is 0 Å². The van der Waals surface area contributed by atoms with E-state index >= 15 is 0 Å². The van der Waals surface area contributed by atoms with Crippen LogP contribution in [0.3, 0.4) is 0 Å². The van der Waals surface area contributed by atoms with E-state index in [1.807, 2.05) is 35.7 Å². The summed E-state index contributed by atoms with van der Waals surface area (Å²) >= 11 is 1.54. The number of nitrogens with one attached hydrogen (secondary N) is 1. The normalized spacial score (nSPS) is 18.8. The van der Waals surface area contributed by atoms with Crippen molar-refractivity contribution in [3.8, 4) is 11.5 Å². The zero-order valence-corrected chi connectivity index (χ0v) is 19.7. The second-order valence-corrected chi connectivity index (χ2v) is 9.70. The Morgan fingerprint density at radius 2 is 1.85 bits per heavy atom. The van der Waals surface area contributed by atoms with E-state index in [9.17, 15) is 9.59 Å². The maximum atomic E-state index is 13.9. The number of rotatable bonds is 7. The van der Waals surface area contributed by atoms with Gasteiger partial charge in [-0.15, -0.1) is 11.3 Å². The predicted octanol–water partition coefficient (Wildman–Crippen LogP) is 4.70. The summed E-state index contributed by atoms with van der Waals surface area (Å²) in [5.74, 6) is 1.00. The van der Waals surface area contributed by atoms with Gasteiger partial charge in [0.1, 0.15) is 12.4 Å². The number of hydrogen-bond acceptors (Lipinski definition) is 6. The number of thiophene rings is 1. The standard InChI is InChI=1S/C26H28N2O5S/c29-25(27-18-8-2-1-3-9-18)24(22-13-6-14-31-22)28(16-19-10-7-15-34-19)26(30)23-17-32-20-11-4-5-12-21(20)33-23/h4-7,10-15,18,23-24H,1-3,8-9,16-17H2,(H,27,29)/t23-,24-/m1/s1. The average molecular weight is 481 g/mol. The van der Waals surface area contributed by atoms with E-state index in [4.69, 9.17) is 13.9 Å². The van der Waals surface area contributed by atoms with Gasteiger partial charge in [-0.3, -0.25) is 9.59 Å². The van der Waals surface area contributed by atoms with Gasteiger partial charge in [-0.1, -0.05) is 37.5 Å². The molecule has 8 heteroatoms. The van der Waals surface area contributed by atoms with Crippen molar-refractivity contribution in [2.75, 3.05) is 6.61 Å². The molecule has 1 saturated carbocycles. The molecule has 7 nitrogen and oxygen atoms in total. The third kappa shape index (κ3) is 4.97. The molecule has 0 unspecified atom stereocenters. The minimum atomic E-state index is -0.910. The van der Waals surface area contributed by atoms with Gasteiger partial charge in [0.25, 0.3) is 11.8 Å². The molecule has 0 radical (unpaired) electrons. The van der Waals surface area contributed by atoms with Crippen LogP contribution in [0.15, 0.2) is 64.6 Å². The molecule has 0 bridgehead atoms. The molecule has 2 atom stereocenters. The Hall–Kier alpha value is -3.26. The van der Waals surface area contributed by atoms with E-state index in [2.05, 4.69) is 5.32 Å². The van der Waals surface area contributed by atoms with E-state index in [1.54, 1.807) is 23.1 Å². The molecule has 1 aliphatic heterocycles. The number of benzene rings is 1. The van der Waals surface area contributed by atoms with Gasteiger partial charge in [0.05, 0.1) is 12.8 Å². The van der Waals surface area contributed by atoms with Crippen LogP contribution < -0.4 is 14.8 Å². The van der Waals surface area contributed by atoms with Crippen molar-refractivity contribution < 1.29 is 23.5 Å². The quantitative estimate of drug-likeness (QED) is 0.530. The van der Waals surface area contributed by atoms with Crippen LogP contribution in [0.1, 0.15) is 48.8 Å². The summed E-state index contributed by atoms with van der Waals surface area (Å²) in [7, 11) is 0. The highest BCUT2D eigenvalue weighted by atomic mass is 32.1. The van der Waals surface area contributed by atoms with Crippen LogP contribution in [-0.4, -0.2) is 35.5 Å². The first kappa shape index (κ1) is 22.5. The van der Waals surface area contributed by atoms with Crippen molar-refractivity contribution in [2.24, 2.45) is 0 Å². The molecule has 2 aromatic heterocycles. The highest BCUT2D eigenvalue weighted by Gasteiger charge is 2.40. The molecule has 0 saturated heterocycles. The Bertz CT molecular complexity index is 1090. The lowest BCUT2D eigenvalue weighted by molar-refractivity contribution is -0.150. The molecule has 3 aromatic rings. The lowest BCUT2D eigenvalue weighted by Gasteiger charge is -2.35. The smallest absolute Gasteiger partial charge is 0.268 e. The summed E-state index contributed by atoms with van der Waals surface area (Å²) in [6, 6.07) is 13.8. The molecule has 5 rings (SSSR count). The van der Waals surface area contributed by atoms with Crippen molar-refractivity contribution in [1.29, 1.82) is 0 Å². The molecule has 2 amide bonds. The van der Waals surface area contributed by atoms with Gasteiger partial charge in [0.15, 0.2) is 17.5 Å². The van der Waals surface area contributed by atoms with Gasteiger partial charge in [-0.2, -0.15) is 0 Å². The molecule has 1 N–H and O–H groups in total. The first-order valence-corrected chi connectivity index (χ1v) is 12.6. The van der Waals surface area contributed by atoms with Gasteiger partial charge < -0.3 is 24.1 Å². The van der Waals surface area contributed by atoms with Gasteiger partial charge in [0.2, 0.25) is 6.10 Å². The Morgan fingerprint density at radius 1 is 1.03 bits per heavy atom. The van der Waals surface area contributed by atoms with E-state index in [0.29, 0.717) is 17.3 Å². The molecular formula is C26H28N2O5S. The lowest BCUT2D eigenvalue weighted by Crippen LogP contribution is -2.51. The third-order valence-electron chi connectivity index (χ3n) is 6.30. The van der Waals surface area contributed by atoms with Crippen LogP contribution in [-0.2, 0) is 16.1 Å². The Labute approximate surface area is 202 Å². The van der Waals surface area contributed by atoms with Crippen LogP contribution >= 0.6 is 11.3 Å². The number of carbonyl (C=O) groups is 2. The molecule has 178 valence electrons. The molecule has 1 aliphatic carbocycles. The van der Waals surface area contributed by atoms with Gasteiger partial charge in [0, 0.05) is 10.9 Å². The topological polar surface area (TPSA) is 81.0 Å². The van der Waals surface area contributed by atoms with Crippen LogP contribution in [0, 0.1) is 0 Å². The second kappa shape index (κ2) is 10.3. The molecule has 1 aromatic carbocycles. The van der Waals surface area contributed by atoms with Crippen molar-refractivity contribution in [3.05, 3.63) is 70.8 Å². The number of amides is 2. The SMILES string of the molecule is O=C(NC1CCCCC1)[C@@H](c1ccco1)N(Cc1cccs1)C(=O)[C@H]1COc2ccccc2O1. The fourth-order valence-electron chi connectivity index (χ4n) is 4.59. The van der Waals surface area contributed by atoms with Crippen LogP contribution in [0.5, 0.6) is 11.5 Å². The minimum absolute atomic E-state index is 0.0753. The van der Waals surface area contributed by atoms with E-state index < -0.39 is 12.1 Å². The van der Waals surface area contributed by atoms with Crippen LogP contribution in [0.25, 0.3) is 0 Å². The fraction of sp³-hybridized carbons (Fsp3) is 0.385. The Balaban J connectivity index is 1.44. The summed E-state index contributed by atoms with van der Waals surface area (Å²) in [6.45, 7) is 0.341. The van der Waals surface area contributed by atoms with E-state index in [1.165, 1.54) is 24.0 Å². The zero-order chi connectivity index (χ0) is 23.3. The van der Waals surface area contributed by atoms with Crippen molar-refractivity contribution >= 4 is 23.2 Å². The average Bonchev–Trinajstić information content (AvgIpc) is 3.58. The lowest BCUT2D eigenvalue weighted by atomic mass is 9.95. The van der Waals surface area contributed by atoms with Gasteiger partial charge in [-0.05, 0) is 48.6 Å². The van der Waals surface area contributed by atoms with Crippen LogP contribution in [0.2, 0.25) is 0 Å². The summed E-state index contributed by atoms with van der Waals surface area (Å²) in [5, 5.41) is 5.14. The molecular weight excluding hydrogens is 452 g/mol. The first-order chi connectivity index (χ1) is 16.7. The summed E-state index contributed by atoms with van der Waals surface area (Å²) < 4.78 is 17.5. The van der Waals surface area contributed by atoms with Crippen LogP contribution in [0.4, 0.5) is 0 Å². The van der Waals surface area contributed by atoms with Gasteiger partial charge >= 0.3 is 0 Å². The highest BCUT2D eigenvalue weighted by molar-refractivity contribution is 7.09. The number of fused-ring (bicyclic) bond motifs is 1. The monoisotopic (exact) mass is 480 g/mol. The molecule has 3 heterocycles. The second-order valence-electron chi connectivity index (χ2n) is 8.67. The van der Waals surface area contributed by atoms with E-state index in [-0.39, 0.29) is 31.0 Å². The Morgan fingerprint density at radius 3 is 2.59 bits per heavy atom. The minimum Gasteiger partial charge on any atom is -0.485 e. The number of carbonyl (C=O) groups excluding carboxylic acids is 2. The van der Waals surface area contributed by atoms with Crippen molar-refractivity contribution in [2.45, 2.75) is 56.8 Å². The summed E-state index contributed by atoms with van der Waals surface area (Å²) in [6.07, 6.45) is 5.95. The number of hydrogen-bond donors (Lipinski definition) is 1. The maximum absolute atomic E-state index is 13.9.